The van der Waals surface area contributed by atoms with Gasteiger partial charge in [-0.3, -0.25) is 0 Å². The van der Waals surface area contributed by atoms with E-state index in [1.165, 1.54) is 18.2 Å². The summed E-state index contributed by atoms with van der Waals surface area (Å²) in [5, 5.41) is 231. The maximum Gasteiger partial charge on any atom is 0.200 e. The van der Waals surface area contributed by atoms with Crippen LogP contribution in [0.4, 0.5) is 0 Å². The number of ether oxygens (including phenoxy) is 9. The van der Waals surface area contributed by atoms with Crippen molar-refractivity contribution >= 4 is 0 Å². The molecule has 0 bridgehead atoms. The summed E-state index contributed by atoms with van der Waals surface area (Å²) in [6.45, 7) is -2.60. The van der Waals surface area contributed by atoms with Gasteiger partial charge < -0.3 is 150 Å². The minimum atomic E-state index is -1.90. The van der Waals surface area contributed by atoms with E-state index in [9.17, 15) is 107 Å². The van der Waals surface area contributed by atoms with E-state index in [2.05, 4.69) is 0 Å². The van der Waals surface area contributed by atoms with Gasteiger partial charge in [-0.25, -0.2) is 0 Å². The van der Waals surface area contributed by atoms with Gasteiger partial charge in [0.25, 0.3) is 0 Å². The third kappa shape index (κ3) is 11.7. The molecule has 9 aromatic carbocycles. The topological polar surface area (TPSA) is 508 Å². The lowest BCUT2D eigenvalue weighted by molar-refractivity contribution is -0.104. The Labute approximate surface area is 538 Å². The molecule has 0 saturated heterocycles. The molecule has 8 atom stereocenters. The smallest absolute Gasteiger partial charge is 0.200 e. The minimum absolute atomic E-state index is 0.0112. The van der Waals surface area contributed by atoms with Crippen LogP contribution in [-0.4, -0.2) is 146 Å². The number of hydrogen-bond acceptors (Lipinski definition) is 30. The molecule has 500 valence electrons. The van der Waals surface area contributed by atoms with Crippen LogP contribution in [0, 0.1) is 0 Å². The Bertz CT molecular complexity index is 4470. The second-order valence-electron chi connectivity index (χ2n) is 22.3. The fourth-order valence-electron chi connectivity index (χ4n) is 11.9. The first-order chi connectivity index (χ1) is 45.7. The van der Waals surface area contributed by atoms with Crippen LogP contribution in [0.15, 0.2) is 115 Å². The zero-order chi connectivity index (χ0) is 68.5. The normalized spacial score (nSPS) is 19.3. The lowest BCUT2D eigenvalue weighted by Gasteiger charge is -2.45. The fourth-order valence-corrected chi connectivity index (χ4v) is 11.9. The van der Waals surface area contributed by atoms with Crippen molar-refractivity contribution < 1.29 is 150 Å². The van der Waals surface area contributed by atoms with Crippen molar-refractivity contribution in [1.82, 2.24) is 0 Å². The van der Waals surface area contributed by atoms with E-state index in [4.69, 9.17) is 42.6 Å². The van der Waals surface area contributed by atoms with Crippen LogP contribution in [0.2, 0.25) is 0 Å². The number of aromatic hydroxyl groups is 21. The van der Waals surface area contributed by atoms with Crippen LogP contribution < -0.4 is 28.4 Å². The molecule has 9 aromatic rings. The van der Waals surface area contributed by atoms with Crippen molar-refractivity contribution in [3.8, 4) is 155 Å². The van der Waals surface area contributed by atoms with Crippen LogP contribution in [0.1, 0.15) is 74.7 Å². The lowest BCUT2D eigenvalue weighted by Crippen LogP contribution is -2.41. The van der Waals surface area contributed by atoms with Gasteiger partial charge in [-0.1, -0.05) is 18.2 Å². The number of benzene rings is 9. The molecule has 3 aliphatic rings. The van der Waals surface area contributed by atoms with E-state index in [1.54, 1.807) is 0 Å². The standard InChI is InChI=1S/C66H56O30/c67-27-10-39(75)51-49(11-27)94-61(25-2-5-33(69)37(73)8-25)65(92-22-89-29-14-45(81)58(86)46(82)15-29)55(51)53-41(77)20-42(78)54-56(66(93-23-90-30-16-47(83)59(87)48(84)17-30)62(96-64(53)54)26-3-6-34(70)38(74)9-26)52-40(76)19-35(71)31-18-50(91-21-88-28-12-43(79)57(85)44(80)13-28)60(95-63(31)52)24-1-4-32(68)36(72)7-24/h1-17,19-20,50,55-56,60-62,65-87H,18,21-23H2. The van der Waals surface area contributed by atoms with Gasteiger partial charge in [-0.15, -0.1) is 0 Å². The Morgan fingerprint density at radius 1 is 0.302 bits per heavy atom. The summed E-state index contributed by atoms with van der Waals surface area (Å²) in [5.41, 5.74) is -1.93. The fraction of sp³-hybridized carbons (Fsp3) is 0.182. The van der Waals surface area contributed by atoms with Gasteiger partial charge in [0.2, 0.25) is 17.2 Å². The zero-order valence-corrected chi connectivity index (χ0v) is 49.0. The highest BCUT2D eigenvalue weighted by Gasteiger charge is 2.53. The Kier molecular flexibility index (Phi) is 16.4. The highest BCUT2D eigenvalue weighted by atomic mass is 16.7. The summed E-state index contributed by atoms with van der Waals surface area (Å²) < 4.78 is 57.1. The SMILES string of the molecule is Oc1cc(O)c2c(c1)OC(c1ccc(O)c(O)c1)C(OCOc1cc(O)c(O)c(O)c1)C2c1c(O)cc(O)c2c1OC(c1ccc(O)c(O)c1)C(OCOc1cc(O)c(O)c(O)c1)C2c1c(O)cc(O)c2c1OC(c1ccc(O)c(O)c1)C(OCOc1cc(O)c(O)c(O)c1)C2. The molecule has 96 heavy (non-hydrogen) atoms. The first-order valence-electron chi connectivity index (χ1n) is 28.5. The average Bonchev–Trinajstić information content (AvgIpc) is 0.711. The van der Waals surface area contributed by atoms with E-state index in [-0.39, 0.29) is 50.8 Å². The van der Waals surface area contributed by atoms with Gasteiger partial charge >= 0.3 is 0 Å². The first-order valence-corrected chi connectivity index (χ1v) is 28.5. The van der Waals surface area contributed by atoms with Crippen molar-refractivity contribution in [3.63, 3.8) is 0 Å². The molecule has 21 N–H and O–H groups in total. The highest BCUT2D eigenvalue weighted by molar-refractivity contribution is 5.71. The van der Waals surface area contributed by atoms with Gasteiger partial charge in [0, 0.05) is 94.9 Å². The quantitative estimate of drug-likeness (QED) is 0.0303. The molecule has 8 unspecified atom stereocenters. The molecule has 3 heterocycles. The predicted octanol–water partition coefficient (Wildman–Crippen LogP) is 7.98. The van der Waals surface area contributed by atoms with E-state index in [0.29, 0.717) is 0 Å². The van der Waals surface area contributed by atoms with Crippen LogP contribution in [0.25, 0.3) is 0 Å². The molecule has 0 saturated carbocycles. The monoisotopic (exact) mass is 1330 g/mol. The Balaban J connectivity index is 1.10. The molecular formula is C66H56O30. The number of phenols is 21. The maximum absolute atomic E-state index is 12.8. The molecule has 0 amide bonds. The molecule has 3 aliphatic heterocycles. The van der Waals surface area contributed by atoms with Crippen molar-refractivity contribution in [3.05, 3.63) is 160 Å². The zero-order valence-electron chi connectivity index (χ0n) is 49.0. The van der Waals surface area contributed by atoms with E-state index in [0.717, 1.165) is 97.1 Å². The van der Waals surface area contributed by atoms with Crippen molar-refractivity contribution in [2.45, 2.75) is 54.9 Å². The molecule has 0 aliphatic carbocycles. The van der Waals surface area contributed by atoms with E-state index in [1.807, 2.05) is 0 Å². The Morgan fingerprint density at radius 2 is 0.656 bits per heavy atom. The van der Waals surface area contributed by atoms with E-state index >= 15 is 0 Å². The van der Waals surface area contributed by atoms with Gasteiger partial charge in [0.1, 0.15) is 87.3 Å². The maximum atomic E-state index is 12.8. The van der Waals surface area contributed by atoms with Crippen LogP contribution in [0.5, 0.6) is 155 Å². The van der Waals surface area contributed by atoms with Crippen LogP contribution in [-0.2, 0) is 20.6 Å². The first kappa shape index (κ1) is 63.6. The summed E-state index contributed by atoms with van der Waals surface area (Å²) in [4.78, 5) is 0. The molecule has 30 nitrogen and oxygen atoms in total. The molecule has 0 aromatic heterocycles. The third-order valence-corrected chi connectivity index (χ3v) is 16.4. The molecule has 30 heteroatoms. The Morgan fingerprint density at radius 3 is 1.08 bits per heavy atom. The summed E-state index contributed by atoms with van der Waals surface area (Å²) >= 11 is 0. The highest BCUT2D eigenvalue weighted by Crippen LogP contribution is 2.64. The Hall–Kier alpha value is -12.5. The summed E-state index contributed by atoms with van der Waals surface area (Å²) in [7, 11) is 0. The second kappa shape index (κ2) is 24.8. The molecule has 0 fully saturated rings. The number of phenolic OH excluding ortho intramolecular Hbond substituents is 21. The summed E-state index contributed by atoms with van der Waals surface area (Å²) in [5.74, 6) is -22.0. The van der Waals surface area contributed by atoms with Gasteiger partial charge in [-0.2, -0.15) is 0 Å². The summed E-state index contributed by atoms with van der Waals surface area (Å²) in [6, 6.07) is 19.4. The molecular weight excluding hydrogens is 1270 g/mol. The lowest BCUT2D eigenvalue weighted by atomic mass is 9.73. The number of hydrogen-bond donors (Lipinski definition) is 21. The van der Waals surface area contributed by atoms with Gasteiger partial charge in [0.05, 0.1) is 11.8 Å². The van der Waals surface area contributed by atoms with Crippen molar-refractivity contribution in [1.29, 1.82) is 0 Å². The van der Waals surface area contributed by atoms with Gasteiger partial charge in [-0.05, 0) is 53.1 Å². The van der Waals surface area contributed by atoms with E-state index < -0.39 is 224 Å². The predicted molar refractivity (Wildman–Crippen MR) is 322 cm³/mol. The molecule has 12 rings (SSSR count). The van der Waals surface area contributed by atoms with Crippen molar-refractivity contribution in [2.75, 3.05) is 20.4 Å². The third-order valence-electron chi connectivity index (χ3n) is 16.4. The molecule has 0 radical (unpaired) electrons. The van der Waals surface area contributed by atoms with Crippen LogP contribution in [0.3, 0.4) is 0 Å². The average molecular weight is 1330 g/mol. The second-order valence-corrected chi connectivity index (χ2v) is 22.3. The number of rotatable bonds is 17. The molecule has 0 spiro atoms. The van der Waals surface area contributed by atoms with Gasteiger partial charge in [0.15, 0.2) is 108 Å². The number of fused-ring (bicyclic) bond motifs is 3. The van der Waals surface area contributed by atoms with Crippen molar-refractivity contribution in [2.24, 2.45) is 0 Å². The summed E-state index contributed by atoms with van der Waals surface area (Å²) in [6.07, 6.45) is -10.3. The largest absolute Gasteiger partial charge is 0.508 e. The van der Waals surface area contributed by atoms with Crippen LogP contribution >= 0.6 is 0 Å². The minimum Gasteiger partial charge on any atom is -0.508 e.